The molecule has 8 heteroatoms. The molecular formula is C21H22N2O5S. The van der Waals surface area contributed by atoms with Crippen LogP contribution in [-0.2, 0) is 14.6 Å². The molecule has 0 saturated heterocycles. The molecule has 152 valence electrons. The lowest BCUT2D eigenvalue weighted by atomic mass is 10.1. The minimum atomic E-state index is -3.28. The molecule has 0 aliphatic carbocycles. The zero-order valence-electron chi connectivity index (χ0n) is 16.4. The number of hydrogen-bond acceptors (Lipinski definition) is 5. The highest BCUT2D eigenvalue weighted by Crippen LogP contribution is 2.24. The Morgan fingerprint density at radius 2 is 1.66 bits per heavy atom. The van der Waals surface area contributed by atoms with Gasteiger partial charge in [0.25, 0.3) is 11.8 Å². The van der Waals surface area contributed by atoms with Crippen molar-refractivity contribution in [3.8, 4) is 0 Å². The second-order valence-electron chi connectivity index (χ2n) is 7.19. The lowest BCUT2D eigenvalue weighted by molar-refractivity contribution is -0.121. The van der Waals surface area contributed by atoms with Crippen molar-refractivity contribution in [1.82, 2.24) is 10.2 Å². The number of carbonyl (C=O) groups excluding carboxylic acids is 3. The molecule has 2 aromatic rings. The van der Waals surface area contributed by atoms with E-state index < -0.39 is 9.84 Å². The fourth-order valence-corrected chi connectivity index (χ4v) is 3.85. The highest BCUT2D eigenvalue weighted by atomic mass is 32.2. The van der Waals surface area contributed by atoms with Crippen LogP contribution in [0.25, 0.3) is 0 Å². The Bertz CT molecular complexity index is 1090. The van der Waals surface area contributed by atoms with Crippen LogP contribution in [0.1, 0.15) is 51.2 Å². The second kappa shape index (κ2) is 7.79. The molecule has 3 amide bonds. The van der Waals surface area contributed by atoms with Gasteiger partial charge in [-0.15, -0.1) is 0 Å². The van der Waals surface area contributed by atoms with Crippen LogP contribution in [-0.4, -0.2) is 43.8 Å². The van der Waals surface area contributed by atoms with Gasteiger partial charge in [0.05, 0.1) is 22.1 Å². The Labute approximate surface area is 169 Å². The maximum absolute atomic E-state index is 12.5. The average Bonchev–Trinajstić information content (AvgIpc) is 2.89. The fraction of sp³-hybridized carbons (Fsp3) is 0.286. The second-order valence-corrected chi connectivity index (χ2v) is 9.21. The molecule has 0 fully saturated rings. The van der Waals surface area contributed by atoms with Crippen molar-refractivity contribution in [1.29, 1.82) is 0 Å². The molecule has 29 heavy (non-hydrogen) atoms. The van der Waals surface area contributed by atoms with E-state index in [-0.39, 0.29) is 41.6 Å². The van der Waals surface area contributed by atoms with Crippen LogP contribution < -0.4 is 5.32 Å². The summed E-state index contributed by atoms with van der Waals surface area (Å²) in [6, 6.07) is 11.0. The number of sulfone groups is 1. The molecule has 1 heterocycles. The molecule has 1 aliphatic rings. The van der Waals surface area contributed by atoms with Crippen LogP contribution in [0.5, 0.6) is 0 Å². The summed E-state index contributed by atoms with van der Waals surface area (Å²) in [5, 5.41) is 2.80. The maximum atomic E-state index is 12.5. The first-order chi connectivity index (χ1) is 13.6. The summed E-state index contributed by atoms with van der Waals surface area (Å²) in [5.74, 6) is -1.08. The summed E-state index contributed by atoms with van der Waals surface area (Å²) in [6.45, 7) is 3.62. The monoisotopic (exact) mass is 414 g/mol. The molecular weight excluding hydrogens is 392 g/mol. The van der Waals surface area contributed by atoms with Gasteiger partial charge in [-0.05, 0) is 43.7 Å². The number of nitrogens with zero attached hydrogens (tertiary/aromatic N) is 1. The predicted octanol–water partition coefficient (Wildman–Crippen LogP) is 2.26. The first kappa shape index (κ1) is 20.7. The quantitative estimate of drug-likeness (QED) is 0.731. The minimum absolute atomic E-state index is 0.00301. The van der Waals surface area contributed by atoms with Crippen LogP contribution in [0.2, 0.25) is 0 Å². The first-order valence-electron chi connectivity index (χ1n) is 9.14. The predicted molar refractivity (Wildman–Crippen MR) is 107 cm³/mol. The third kappa shape index (κ3) is 4.37. The zero-order valence-corrected chi connectivity index (χ0v) is 17.2. The van der Waals surface area contributed by atoms with E-state index in [4.69, 9.17) is 0 Å². The summed E-state index contributed by atoms with van der Waals surface area (Å²) >= 11 is 0. The number of rotatable bonds is 6. The van der Waals surface area contributed by atoms with Crippen molar-refractivity contribution < 1.29 is 22.8 Å². The number of nitrogens with one attached hydrogen (secondary N) is 1. The zero-order chi connectivity index (χ0) is 21.3. The summed E-state index contributed by atoms with van der Waals surface area (Å²) in [6.07, 6.45) is 1.12. The summed E-state index contributed by atoms with van der Waals surface area (Å²) in [5.41, 5.74) is 2.37. The molecule has 0 aromatic heterocycles. The number of imide groups is 1. The molecule has 0 bridgehead atoms. The van der Waals surface area contributed by atoms with E-state index in [9.17, 15) is 22.8 Å². The first-order valence-corrected chi connectivity index (χ1v) is 11.0. The Balaban J connectivity index is 1.59. The Kier molecular flexibility index (Phi) is 5.57. The summed E-state index contributed by atoms with van der Waals surface area (Å²) < 4.78 is 23.1. The van der Waals surface area contributed by atoms with E-state index in [2.05, 4.69) is 5.32 Å². The van der Waals surface area contributed by atoms with Gasteiger partial charge in [-0.1, -0.05) is 23.8 Å². The highest BCUT2D eigenvalue weighted by Gasteiger charge is 2.35. The van der Waals surface area contributed by atoms with Crippen LogP contribution in [0.4, 0.5) is 0 Å². The topological polar surface area (TPSA) is 101 Å². The fourth-order valence-electron chi connectivity index (χ4n) is 3.22. The number of amides is 3. The van der Waals surface area contributed by atoms with Crippen molar-refractivity contribution in [2.75, 3.05) is 12.8 Å². The molecule has 2 aromatic carbocycles. The Hall–Kier alpha value is -3.00. The van der Waals surface area contributed by atoms with Gasteiger partial charge in [0.15, 0.2) is 9.84 Å². The largest absolute Gasteiger partial charge is 0.350 e. The van der Waals surface area contributed by atoms with Gasteiger partial charge in [-0.3, -0.25) is 19.3 Å². The van der Waals surface area contributed by atoms with Gasteiger partial charge < -0.3 is 5.32 Å². The van der Waals surface area contributed by atoms with Crippen LogP contribution in [0, 0.1) is 6.92 Å². The SMILES string of the molecule is Cc1ccc2c(c1)C(=O)N(CCC(=O)NC(C)c1ccc(S(C)(=O)=O)cc1)C2=O. The molecule has 0 spiro atoms. The Morgan fingerprint density at radius 1 is 1.03 bits per heavy atom. The van der Waals surface area contributed by atoms with Gasteiger partial charge in [0.1, 0.15) is 0 Å². The molecule has 0 radical (unpaired) electrons. The number of hydrogen-bond donors (Lipinski definition) is 1. The lowest BCUT2D eigenvalue weighted by Crippen LogP contribution is -2.35. The lowest BCUT2D eigenvalue weighted by Gasteiger charge is -2.17. The van der Waals surface area contributed by atoms with E-state index in [0.717, 1.165) is 22.3 Å². The van der Waals surface area contributed by atoms with Crippen molar-refractivity contribution in [3.05, 3.63) is 64.7 Å². The number of benzene rings is 2. The molecule has 1 atom stereocenters. The molecule has 0 saturated carbocycles. The normalized spacial score (nSPS) is 14.7. The minimum Gasteiger partial charge on any atom is -0.350 e. The molecule has 1 aliphatic heterocycles. The van der Waals surface area contributed by atoms with Crippen molar-refractivity contribution >= 4 is 27.6 Å². The van der Waals surface area contributed by atoms with Crippen molar-refractivity contribution in [2.45, 2.75) is 31.2 Å². The van der Waals surface area contributed by atoms with E-state index in [1.54, 1.807) is 37.3 Å². The number of carbonyl (C=O) groups is 3. The van der Waals surface area contributed by atoms with Crippen LogP contribution >= 0.6 is 0 Å². The average molecular weight is 414 g/mol. The van der Waals surface area contributed by atoms with Gasteiger partial charge in [-0.2, -0.15) is 0 Å². The smallest absolute Gasteiger partial charge is 0.261 e. The Morgan fingerprint density at radius 3 is 2.28 bits per heavy atom. The van der Waals surface area contributed by atoms with E-state index >= 15 is 0 Å². The van der Waals surface area contributed by atoms with E-state index in [1.807, 2.05) is 6.92 Å². The molecule has 3 rings (SSSR count). The third-order valence-electron chi connectivity index (χ3n) is 4.87. The van der Waals surface area contributed by atoms with Crippen LogP contribution in [0.15, 0.2) is 47.4 Å². The van der Waals surface area contributed by atoms with Crippen LogP contribution in [0.3, 0.4) is 0 Å². The van der Waals surface area contributed by atoms with Crippen molar-refractivity contribution in [2.24, 2.45) is 0 Å². The standard InChI is InChI=1S/C21H22N2O5S/c1-13-4-9-17-18(12-13)21(26)23(20(17)25)11-10-19(24)22-14(2)15-5-7-16(8-6-15)29(3,27)28/h4-9,12,14H,10-11H2,1-3H3,(H,22,24). The van der Waals surface area contributed by atoms with Crippen molar-refractivity contribution in [3.63, 3.8) is 0 Å². The van der Waals surface area contributed by atoms with E-state index in [1.165, 1.54) is 12.1 Å². The number of aryl methyl sites for hydroxylation is 1. The van der Waals surface area contributed by atoms with Gasteiger partial charge in [0, 0.05) is 19.2 Å². The van der Waals surface area contributed by atoms with Gasteiger partial charge in [-0.25, -0.2) is 8.42 Å². The summed E-state index contributed by atoms with van der Waals surface area (Å²) in [4.78, 5) is 38.5. The maximum Gasteiger partial charge on any atom is 0.261 e. The van der Waals surface area contributed by atoms with Gasteiger partial charge in [0.2, 0.25) is 5.91 Å². The molecule has 1 N–H and O–H groups in total. The third-order valence-corrected chi connectivity index (χ3v) is 6.00. The van der Waals surface area contributed by atoms with E-state index in [0.29, 0.717) is 11.1 Å². The molecule has 1 unspecified atom stereocenters. The van der Waals surface area contributed by atoms with Gasteiger partial charge >= 0.3 is 0 Å². The number of fused-ring (bicyclic) bond motifs is 1. The summed E-state index contributed by atoms with van der Waals surface area (Å²) in [7, 11) is -3.28. The molecule has 7 nitrogen and oxygen atoms in total. The highest BCUT2D eigenvalue weighted by molar-refractivity contribution is 7.90.